The van der Waals surface area contributed by atoms with Gasteiger partial charge in [-0.2, -0.15) is 0 Å². The summed E-state index contributed by atoms with van der Waals surface area (Å²) >= 11 is 5.78. The Morgan fingerprint density at radius 1 is 1.09 bits per heavy atom. The first kappa shape index (κ1) is 18.0. The van der Waals surface area contributed by atoms with Crippen molar-refractivity contribution in [3.05, 3.63) is 34.9 Å². The van der Waals surface area contributed by atoms with Crippen molar-refractivity contribution in [1.82, 2.24) is 10.6 Å². The van der Waals surface area contributed by atoms with Crippen LogP contribution in [0.25, 0.3) is 0 Å². The van der Waals surface area contributed by atoms with E-state index >= 15 is 0 Å². The Hall–Kier alpha value is -2.08. The van der Waals surface area contributed by atoms with Crippen molar-refractivity contribution >= 4 is 29.4 Å². The van der Waals surface area contributed by atoms with Gasteiger partial charge in [0.1, 0.15) is 0 Å². The minimum atomic E-state index is -0.526. The summed E-state index contributed by atoms with van der Waals surface area (Å²) in [4.78, 5) is 33.4. The molecule has 6 nitrogen and oxygen atoms in total. The fourth-order valence-electron chi connectivity index (χ4n) is 1.61. The molecule has 2 N–H and O–H groups in total. The average molecular weight is 327 g/mol. The third-order valence-electron chi connectivity index (χ3n) is 2.72. The van der Waals surface area contributed by atoms with Crippen LogP contribution in [-0.2, 0) is 25.5 Å². The van der Waals surface area contributed by atoms with E-state index in [1.165, 1.54) is 6.92 Å². The molecule has 0 radical (unpaired) electrons. The SMILES string of the molecule is CC(=O)NCCC(=O)OCC(=O)NCCc1ccc(Cl)cc1. The molecule has 0 fully saturated rings. The minimum absolute atomic E-state index is 0.0393. The van der Waals surface area contributed by atoms with Crippen LogP contribution in [0.2, 0.25) is 5.02 Å². The van der Waals surface area contributed by atoms with Gasteiger partial charge in [0.2, 0.25) is 5.91 Å². The van der Waals surface area contributed by atoms with E-state index in [0.29, 0.717) is 18.0 Å². The largest absolute Gasteiger partial charge is 0.456 e. The van der Waals surface area contributed by atoms with Crippen molar-refractivity contribution in [1.29, 1.82) is 0 Å². The molecule has 0 saturated heterocycles. The Morgan fingerprint density at radius 3 is 2.41 bits per heavy atom. The predicted octanol–water partition coefficient (Wildman–Crippen LogP) is 1.07. The second-order valence-corrected chi connectivity index (χ2v) is 5.06. The summed E-state index contributed by atoms with van der Waals surface area (Å²) < 4.78 is 4.78. The highest BCUT2D eigenvalue weighted by atomic mass is 35.5. The molecule has 0 heterocycles. The van der Waals surface area contributed by atoms with Crippen LogP contribution in [0.15, 0.2) is 24.3 Å². The number of amides is 2. The van der Waals surface area contributed by atoms with Gasteiger partial charge in [-0.15, -0.1) is 0 Å². The van der Waals surface area contributed by atoms with Gasteiger partial charge in [0.05, 0.1) is 6.42 Å². The van der Waals surface area contributed by atoms with E-state index in [1.54, 1.807) is 12.1 Å². The average Bonchev–Trinajstić information content (AvgIpc) is 2.47. The van der Waals surface area contributed by atoms with Crippen LogP contribution in [0.3, 0.4) is 0 Å². The molecule has 1 aromatic carbocycles. The number of halogens is 1. The van der Waals surface area contributed by atoms with Gasteiger partial charge >= 0.3 is 5.97 Å². The lowest BCUT2D eigenvalue weighted by Gasteiger charge is -2.07. The molecular formula is C15H19ClN2O4. The van der Waals surface area contributed by atoms with Crippen LogP contribution in [-0.4, -0.2) is 37.5 Å². The predicted molar refractivity (Wildman–Crippen MR) is 82.4 cm³/mol. The molecule has 0 aromatic heterocycles. The van der Waals surface area contributed by atoms with Crippen LogP contribution in [0.5, 0.6) is 0 Å². The normalized spacial score (nSPS) is 9.91. The molecule has 0 bridgehead atoms. The first-order chi connectivity index (χ1) is 10.5. The molecule has 0 atom stereocenters. The summed E-state index contributed by atoms with van der Waals surface area (Å²) in [5, 5.41) is 5.79. The van der Waals surface area contributed by atoms with E-state index in [2.05, 4.69) is 10.6 Å². The number of rotatable bonds is 8. The molecule has 7 heteroatoms. The molecule has 2 amide bonds. The zero-order valence-electron chi connectivity index (χ0n) is 12.4. The molecule has 0 saturated carbocycles. The van der Waals surface area contributed by atoms with Crippen LogP contribution in [0, 0.1) is 0 Å². The Morgan fingerprint density at radius 2 is 1.77 bits per heavy atom. The van der Waals surface area contributed by atoms with Gasteiger partial charge in [-0.1, -0.05) is 23.7 Å². The lowest BCUT2D eigenvalue weighted by molar-refractivity contribution is -0.148. The lowest BCUT2D eigenvalue weighted by Crippen LogP contribution is -2.31. The summed E-state index contributed by atoms with van der Waals surface area (Å²) in [6.07, 6.45) is 0.705. The van der Waals surface area contributed by atoms with E-state index in [0.717, 1.165) is 5.56 Å². The monoisotopic (exact) mass is 326 g/mol. The van der Waals surface area contributed by atoms with Crippen molar-refractivity contribution in [2.75, 3.05) is 19.7 Å². The number of hydrogen-bond acceptors (Lipinski definition) is 4. The van der Waals surface area contributed by atoms with Crippen LogP contribution in [0.1, 0.15) is 18.9 Å². The molecule has 1 aromatic rings. The smallest absolute Gasteiger partial charge is 0.308 e. The van der Waals surface area contributed by atoms with Crippen molar-refractivity contribution in [2.45, 2.75) is 19.8 Å². The van der Waals surface area contributed by atoms with Gasteiger partial charge < -0.3 is 15.4 Å². The highest BCUT2D eigenvalue weighted by molar-refractivity contribution is 6.30. The Kier molecular flexibility index (Phi) is 7.99. The molecule has 0 aliphatic heterocycles. The fourth-order valence-corrected chi connectivity index (χ4v) is 1.73. The van der Waals surface area contributed by atoms with E-state index in [-0.39, 0.29) is 31.4 Å². The van der Waals surface area contributed by atoms with E-state index < -0.39 is 5.97 Å². The summed E-state index contributed by atoms with van der Waals surface area (Å²) in [5.41, 5.74) is 1.05. The Balaban J connectivity index is 2.11. The number of ether oxygens (including phenoxy) is 1. The fraction of sp³-hybridized carbons (Fsp3) is 0.400. The van der Waals surface area contributed by atoms with Crippen molar-refractivity contribution in [2.24, 2.45) is 0 Å². The Bertz CT molecular complexity index is 517. The molecule has 120 valence electrons. The van der Waals surface area contributed by atoms with Crippen LogP contribution in [0.4, 0.5) is 0 Å². The van der Waals surface area contributed by atoms with Crippen LogP contribution >= 0.6 is 11.6 Å². The number of benzene rings is 1. The number of hydrogen-bond donors (Lipinski definition) is 2. The second kappa shape index (κ2) is 9.78. The highest BCUT2D eigenvalue weighted by Crippen LogP contribution is 2.09. The molecular weight excluding hydrogens is 308 g/mol. The maximum absolute atomic E-state index is 11.5. The van der Waals surface area contributed by atoms with Crippen molar-refractivity contribution < 1.29 is 19.1 Å². The summed E-state index contributed by atoms with van der Waals surface area (Å²) in [7, 11) is 0. The standard InChI is InChI=1S/C15H19ClN2O4/c1-11(19)17-9-7-15(21)22-10-14(20)18-8-6-12-2-4-13(16)5-3-12/h2-5H,6-10H2,1H3,(H,17,19)(H,18,20). The van der Waals surface area contributed by atoms with Gasteiger partial charge in [0.15, 0.2) is 6.61 Å². The third-order valence-corrected chi connectivity index (χ3v) is 2.97. The molecule has 0 spiro atoms. The number of nitrogens with one attached hydrogen (secondary N) is 2. The van der Waals surface area contributed by atoms with Crippen molar-refractivity contribution in [3.8, 4) is 0 Å². The third kappa shape index (κ3) is 8.26. The maximum atomic E-state index is 11.5. The zero-order chi connectivity index (χ0) is 16.4. The maximum Gasteiger partial charge on any atom is 0.308 e. The molecule has 0 aliphatic carbocycles. The van der Waals surface area contributed by atoms with Gasteiger partial charge in [-0.3, -0.25) is 14.4 Å². The number of carbonyl (C=O) groups is 3. The van der Waals surface area contributed by atoms with E-state index in [4.69, 9.17) is 16.3 Å². The quantitative estimate of drug-likeness (QED) is 0.700. The van der Waals surface area contributed by atoms with Crippen LogP contribution < -0.4 is 10.6 Å². The molecule has 22 heavy (non-hydrogen) atoms. The van der Waals surface area contributed by atoms with Gasteiger partial charge in [-0.05, 0) is 24.1 Å². The van der Waals surface area contributed by atoms with Gasteiger partial charge in [0, 0.05) is 25.0 Å². The second-order valence-electron chi connectivity index (χ2n) is 4.62. The molecule has 0 unspecified atom stereocenters. The summed E-state index contributed by atoms with van der Waals surface area (Å²) in [6.45, 7) is 1.69. The zero-order valence-corrected chi connectivity index (χ0v) is 13.1. The van der Waals surface area contributed by atoms with Gasteiger partial charge in [0.25, 0.3) is 5.91 Å². The topological polar surface area (TPSA) is 84.5 Å². The lowest BCUT2D eigenvalue weighted by atomic mass is 10.1. The summed E-state index contributed by atoms with van der Waals surface area (Å²) in [6, 6.07) is 7.35. The van der Waals surface area contributed by atoms with Gasteiger partial charge in [-0.25, -0.2) is 0 Å². The molecule has 1 rings (SSSR count). The minimum Gasteiger partial charge on any atom is -0.456 e. The Labute approximate surface area is 134 Å². The number of carbonyl (C=O) groups excluding carboxylic acids is 3. The summed E-state index contributed by atoms with van der Waals surface area (Å²) in [5.74, 6) is -1.10. The number of esters is 1. The molecule has 0 aliphatic rings. The van der Waals surface area contributed by atoms with Crippen molar-refractivity contribution in [3.63, 3.8) is 0 Å². The van der Waals surface area contributed by atoms with E-state index in [9.17, 15) is 14.4 Å². The first-order valence-corrected chi connectivity index (χ1v) is 7.26. The first-order valence-electron chi connectivity index (χ1n) is 6.88. The highest BCUT2D eigenvalue weighted by Gasteiger charge is 2.07. The van der Waals surface area contributed by atoms with E-state index in [1.807, 2.05) is 12.1 Å².